The zero-order valence-corrected chi connectivity index (χ0v) is 10.8. The van der Waals surface area contributed by atoms with Gasteiger partial charge < -0.3 is 11.1 Å². The number of rotatable bonds is 3. The van der Waals surface area contributed by atoms with Gasteiger partial charge >= 0.3 is 0 Å². The molecular formula is C12H9ClN4O3. The van der Waals surface area contributed by atoms with E-state index in [0.717, 1.165) is 0 Å². The second kappa shape index (κ2) is 5.54. The Balaban J connectivity index is 2.30. The molecule has 0 saturated heterocycles. The maximum atomic E-state index is 12.0. The molecule has 0 saturated carbocycles. The molecule has 1 heterocycles. The Morgan fingerprint density at radius 1 is 1.40 bits per heavy atom. The largest absolute Gasteiger partial charge is 0.398 e. The first-order valence-electron chi connectivity index (χ1n) is 5.44. The molecule has 0 radical (unpaired) electrons. The number of amides is 1. The van der Waals surface area contributed by atoms with Crippen LogP contribution in [0.3, 0.4) is 0 Å². The molecule has 0 atom stereocenters. The molecule has 1 amide bonds. The third-order valence-corrected chi connectivity index (χ3v) is 2.84. The van der Waals surface area contributed by atoms with E-state index in [1.807, 2.05) is 0 Å². The number of non-ortho nitro benzene ring substituents is 1. The number of benzene rings is 1. The van der Waals surface area contributed by atoms with E-state index in [2.05, 4.69) is 10.3 Å². The van der Waals surface area contributed by atoms with Gasteiger partial charge in [0.05, 0.1) is 21.2 Å². The molecule has 102 valence electrons. The highest BCUT2D eigenvalue weighted by molar-refractivity contribution is 6.34. The predicted molar refractivity (Wildman–Crippen MR) is 74.7 cm³/mol. The summed E-state index contributed by atoms with van der Waals surface area (Å²) in [6, 6.07) is 5.23. The molecule has 1 aromatic carbocycles. The summed E-state index contributed by atoms with van der Waals surface area (Å²) in [5.74, 6) is -0.544. The van der Waals surface area contributed by atoms with E-state index in [9.17, 15) is 14.9 Å². The van der Waals surface area contributed by atoms with Crippen LogP contribution in [0.15, 0.2) is 36.7 Å². The van der Waals surface area contributed by atoms with Crippen LogP contribution < -0.4 is 11.1 Å². The lowest BCUT2D eigenvalue weighted by Gasteiger charge is -2.08. The van der Waals surface area contributed by atoms with E-state index in [1.165, 1.54) is 36.7 Å². The van der Waals surface area contributed by atoms with Crippen LogP contribution in [0.4, 0.5) is 17.1 Å². The van der Waals surface area contributed by atoms with Crippen molar-refractivity contribution in [1.82, 2.24) is 4.98 Å². The van der Waals surface area contributed by atoms with E-state index in [4.69, 9.17) is 17.3 Å². The highest BCUT2D eigenvalue weighted by atomic mass is 35.5. The van der Waals surface area contributed by atoms with Gasteiger partial charge in [-0.3, -0.25) is 19.9 Å². The van der Waals surface area contributed by atoms with Crippen LogP contribution in [-0.4, -0.2) is 15.8 Å². The van der Waals surface area contributed by atoms with Crippen molar-refractivity contribution in [2.75, 3.05) is 11.1 Å². The van der Waals surface area contributed by atoms with Crippen molar-refractivity contribution in [3.8, 4) is 0 Å². The number of pyridine rings is 1. The van der Waals surface area contributed by atoms with E-state index < -0.39 is 10.8 Å². The summed E-state index contributed by atoms with van der Waals surface area (Å²) in [6.45, 7) is 0. The van der Waals surface area contributed by atoms with Gasteiger partial charge in [0.25, 0.3) is 11.6 Å². The fourth-order valence-corrected chi connectivity index (χ4v) is 1.67. The average molecular weight is 293 g/mol. The smallest absolute Gasteiger partial charge is 0.271 e. The first-order valence-corrected chi connectivity index (χ1v) is 5.81. The molecule has 7 nitrogen and oxygen atoms in total. The summed E-state index contributed by atoms with van der Waals surface area (Å²) >= 11 is 5.89. The van der Waals surface area contributed by atoms with Gasteiger partial charge in [-0.05, 0) is 12.1 Å². The lowest BCUT2D eigenvalue weighted by atomic mass is 10.2. The number of nitro groups is 1. The van der Waals surface area contributed by atoms with Crippen LogP contribution in [0.1, 0.15) is 10.4 Å². The Morgan fingerprint density at radius 2 is 2.15 bits per heavy atom. The number of nitrogen functional groups attached to an aromatic ring is 1. The zero-order chi connectivity index (χ0) is 14.7. The number of carbonyl (C=O) groups excluding carboxylic acids is 1. The number of anilines is 2. The summed E-state index contributed by atoms with van der Waals surface area (Å²) in [5, 5.41) is 13.3. The third-order valence-electron chi connectivity index (χ3n) is 2.51. The lowest BCUT2D eigenvalue weighted by Crippen LogP contribution is -2.14. The molecule has 0 bridgehead atoms. The number of nitro benzene ring substituents is 1. The number of carbonyl (C=O) groups is 1. The van der Waals surface area contributed by atoms with Crippen LogP contribution in [0.5, 0.6) is 0 Å². The second-order valence-corrected chi connectivity index (χ2v) is 4.25. The summed E-state index contributed by atoms with van der Waals surface area (Å²) < 4.78 is 0. The summed E-state index contributed by atoms with van der Waals surface area (Å²) in [5.41, 5.74) is 6.02. The quantitative estimate of drug-likeness (QED) is 0.667. The maximum absolute atomic E-state index is 12.0. The normalized spacial score (nSPS) is 10.1. The van der Waals surface area contributed by atoms with Crippen molar-refractivity contribution in [1.29, 1.82) is 0 Å². The minimum Gasteiger partial charge on any atom is -0.398 e. The molecule has 20 heavy (non-hydrogen) atoms. The van der Waals surface area contributed by atoms with Crippen molar-refractivity contribution in [2.24, 2.45) is 0 Å². The Bertz CT molecular complexity index is 690. The molecule has 3 N–H and O–H groups in total. The number of halogens is 1. The number of nitrogens with one attached hydrogen (secondary N) is 1. The van der Waals surface area contributed by atoms with Crippen LogP contribution in [0.25, 0.3) is 0 Å². The number of nitrogens with zero attached hydrogens (tertiary/aromatic N) is 2. The van der Waals surface area contributed by atoms with Gasteiger partial charge in [0.1, 0.15) is 0 Å². The zero-order valence-electron chi connectivity index (χ0n) is 10.0. The summed E-state index contributed by atoms with van der Waals surface area (Å²) in [4.78, 5) is 25.9. The van der Waals surface area contributed by atoms with E-state index in [-0.39, 0.29) is 27.6 Å². The van der Waals surface area contributed by atoms with Gasteiger partial charge in [-0.1, -0.05) is 11.6 Å². The van der Waals surface area contributed by atoms with Gasteiger partial charge in [0, 0.05) is 30.2 Å². The van der Waals surface area contributed by atoms with Crippen molar-refractivity contribution in [3.63, 3.8) is 0 Å². The van der Waals surface area contributed by atoms with E-state index >= 15 is 0 Å². The van der Waals surface area contributed by atoms with E-state index in [0.29, 0.717) is 0 Å². The first-order chi connectivity index (χ1) is 9.49. The van der Waals surface area contributed by atoms with Gasteiger partial charge in [0.2, 0.25) is 0 Å². The lowest BCUT2D eigenvalue weighted by molar-refractivity contribution is -0.384. The molecule has 0 spiro atoms. The maximum Gasteiger partial charge on any atom is 0.271 e. The minimum absolute atomic E-state index is 0.133. The monoisotopic (exact) mass is 292 g/mol. The molecule has 2 aromatic rings. The van der Waals surface area contributed by atoms with Crippen LogP contribution in [-0.2, 0) is 0 Å². The Labute approximate surface area is 118 Å². The van der Waals surface area contributed by atoms with Gasteiger partial charge in [-0.15, -0.1) is 0 Å². The van der Waals surface area contributed by atoms with Crippen molar-refractivity contribution in [3.05, 3.63) is 57.4 Å². The molecule has 0 aliphatic heterocycles. The van der Waals surface area contributed by atoms with Gasteiger partial charge in [0.15, 0.2) is 0 Å². The molecule has 0 aliphatic carbocycles. The molecule has 0 unspecified atom stereocenters. The number of aromatic nitrogens is 1. The topological polar surface area (TPSA) is 111 Å². The fraction of sp³-hybridized carbons (Fsp3) is 0. The Hall–Kier alpha value is -2.67. The Morgan fingerprint density at radius 3 is 2.80 bits per heavy atom. The third kappa shape index (κ3) is 2.83. The van der Waals surface area contributed by atoms with Gasteiger partial charge in [-0.2, -0.15) is 0 Å². The summed E-state index contributed by atoms with van der Waals surface area (Å²) in [7, 11) is 0. The molecule has 8 heteroatoms. The minimum atomic E-state index is -0.579. The molecule has 2 rings (SSSR count). The molecular weight excluding hydrogens is 284 g/mol. The molecule has 0 fully saturated rings. The van der Waals surface area contributed by atoms with Gasteiger partial charge in [-0.25, -0.2) is 0 Å². The number of hydrogen-bond donors (Lipinski definition) is 2. The SMILES string of the molecule is Nc1ccncc1C(=O)Nc1cc([N+](=O)[O-])ccc1Cl. The predicted octanol–water partition coefficient (Wildman–Crippen LogP) is 2.48. The van der Waals surface area contributed by atoms with Crippen LogP contribution >= 0.6 is 11.6 Å². The summed E-state index contributed by atoms with van der Waals surface area (Å²) in [6.07, 6.45) is 2.75. The van der Waals surface area contributed by atoms with E-state index in [1.54, 1.807) is 0 Å². The molecule has 0 aliphatic rings. The number of nitrogens with two attached hydrogens (primary N) is 1. The highest BCUT2D eigenvalue weighted by Crippen LogP contribution is 2.27. The first kappa shape index (κ1) is 13.8. The second-order valence-electron chi connectivity index (χ2n) is 3.84. The van der Waals surface area contributed by atoms with Crippen molar-refractivity contribution >= 4 is 34.6 Å². The average Bonchev–Trinajstić information content (AvgIpc) is 2.41. The van der Waals surface area contributed by atoms with Crippen molar-refractivity contribution < 1.29 is 9.72 Å². The standard InChI is InChI=1S/C12H9ClN4O3/c13-9-2-1-7(17(19)20)5-11(9)16-12(18)8-6-15-4-3-10(8)14/h1-6H,(H2,14,15)(H,16,18). The highest BCUT2D eigenvalue weighted by Gasteiger charge is 2.14. The Kier molecular flexibility index (Phi) is 3.81. The molecule has 1 aromatic heterocycles. The fourth-order valence-electron chi connectivity index (χ4n) is 1.51. The number of hydrogen-bond acceptors (Lipinski definition) is 5. The van der Waals surface area contributed by atoms with Crippen molar-refractivity contribution in [2.45, 2.75) is 0 Å². The van der Waals surface area contributed by atoms with Crippen LogP contribution in [0, 0.1) is 10.1 Å². The van der Waals surface area contributed by atoms with Crippen LogP contribution in [0.2, 0.25) is 5.02 Å².